The van der Waals surface area contributed by atoms with E-state index in [1.165, 1.54) is 18.2 Å². The van der Waals surface area contributed by atoms with Gasteiger partial charge in [0.05, 0.1) is 25.5 Å². The van der Waals surface area contributed by atoms with Gasteiger partial charge in [0.2, 0.25) is 5.91 Å². The average Bonchev–Trinajstić information content (AvgIpc) is 2.78. The van der Waals surface area contributed by atoms with E-state index in [1.807, 2.05) is 29.2 Å². The van der Waals surface area contributed by atoms with Crippen molar-refractivity contribution in [2.45, 2.75) is 24.2 Å². The van der Waals surface area contributed by atoms with E-state index < -0.39 is 0 Å². The summed E-state index contributed by atoms with van der Waals surface area (Å²) in [5.74, 6) is 1.26. The minimum atomic E-state index is -0.151. The maximum Gasteiger partial charge on any atom is 0.254 e. The van der Waals surface area contributed by atoms with Crippen molar-refractivity contribution in [1.82, 2.24) is 4.90 Å². The Labute approximate surface area is 175 Å². The predicted molar refractivity (Wildman–Crippen MR) is 115 cm³/mol. The van der Waals surface area contributed by atoms with E-state index in [2.05, 4.69) is 5.32 Å². The number of anilines is 1. The highest BCUT2D eigenvalue weighted by Crippen LogP contribution is 2.30. The summed E-state index contributed by atoms with van der Waals surface area (Å²) < 4.78 is 10.5. The van der Waals surface area contributed by atoms with Crippen LogP contribution >= 0.6 is 11.8 Å². The molecular weight excluding hydrogens is 388 g/mol. The Bertz CT molecular complexity index is 866. The summed E-state index contributed by atoms with van der Waals surface area (Å²) >= 11 is 1.37. The van der Waals surface area contributed by atoms with Gasteiger partial charge < -0.3 is 19.7 Å². The van der Waals surface area contributed by atoms with Crippen molar-refractivity contribution < 1.29 is 19.1 Å². The molecule has 0 bridgehead atoms. The fraction of sp³-hybridized carbons (Fsp3) is 0.364. The van der Waals surface area contributed by atoms with E-state index in [9.17, 15) is 9.59 Å². The quantitative estimate of drug-likeness (QED) is 0.692. The second-order valence-corrected chi connectivity index (χ2v) is 7.77. The molecule has 1 saturated heterocycles. The summed E-state index contributed by atoms with van der Waals surface area (Å²) in [5.41, 5.74) is 1.30. The first-order valence-corrected chi connectivity index (χ1v) is 10.6. The summed E-state index contributed by atoms with van der Waals surface area (Å²) in [7, 11) is 3.12. The van der Waals surface area contributed by atoms with Crippen LogP contribution in [0.15, 0.2) is 47.4 Å². The van der Waals surface area contributed by atoms with Gasteiger partial charge >= 0.3 is 0 Å². The number of ether oxygens (including phenoxy) is 2. The minimum absolute atomic E-state index is 0.0492. The second kappa shape index (κ2) is 10.2. The highest BCUT2D eigenvalue weighted by molar-refractivity contribution is 8.00. The zero-order valence-corrected chi connectivity index (χ0v) is 17.6. The highest BCUT2D eigenvalue weighted by Gasteiger charge is 2.21. The Morgan fingerprint density at radius 1 is 1.00 bits per heavy atom. The summed E-state index contributed by atoms with van der Waals surface area (Å²) in [6, 6.07) is 12.7. The third kappa shape index (κ3) is 5.44. The molecule has 1 heterocycles. The molecule has 0 atom stereocenters. The summed E-state index contributed by atoms with van der Waals surface area (Å²) in [4.78, 5) is 28.0. The van der Waals surface area contributed by atoms with Crippen LogP contribution in [-0.2, 0) is 4.79 Å². The Morgan fingerprint density at radius 3 is 2.45 bits per heavy atom. The molecule has 154 valence electrons. The van der Waals surface area contributed by atoms with Gasteiger partial charge in [0, 0.05) is 29.7 Å². The molecule has 1 N–H and O–H groups in total. The van der Waals surface area contributed by atoms with Gasteiger partial charge in [0.15, 0.2) is 11.5 Å². The summed E-state index contributed by atoms with van der Waals surface area (Å²) in [6.07, 6.45) is 3.28. The van der Waals surface area contributed by atoms with Crippen molar-refractivity contribution in [3.8, 4) is 11.5 Å². The number of nitrogens with zero attached hydrogens (tertiary/aromatic N) is 1. The molecule has 3 rings (SSSR count). The number of piperidine rings is 1. The first-order chi connectivity index (χ1) is 14.1. The molecule has 7 heteroatoms. The first-order valence-electron chi connectivity index (χ1n) is 9.65. The number of benzene rings is 2. The molecule has 0 unspecified atom stereocenters. The molecule has 0 aliphatic carbocycles. The molecule has 2 aromatic carbocycles. The molecule has 6 nitrogen and oxygen atoms in total. The second-order valence-electron chi connectivity index (χ2n) is 6.76. The SMILES string of the molecule is COc1ccc(NC(=O)CSc2ccccc2C(=O)N2CCCCC2)cc1OC. The van der Waals surface area contributed by atoms with Gasteiger partial charge in [-0.25, -0.2) is 0 Å². The molecule has 29 heavy (non-hydrogen) atoms. The van der Waals surface area contributed by atoms with E-state index >= 15 is 0 Å². The van der Waals surface area contributed by atoms with Crippen molar-refractivity contribution in [3.05, 3.63) is 48.0 Å². The van der Waals surface area contributed by atoms with E-state index in [-0.39, 0.29) is 17.6 Å². The van der Waals surface area contributed by atoms with Gasteiger partial charge in [-0.3, -0.25) is 9.59 Å². The topological polar surface area (TPSA) is 67.9 Å². The summed E-state index contributed by atoms with van der Waals surface area (Å²) in [6.45, 7) is 1.61. The molecule has 2 aromatic rings. The van der Waals surface area contributed by atoms with Gasteiger partial charge in [-0.15, -0.1) is 11.8 Å². The van der Waals surface area contributed by atoms with Crippen molar-refractivity contribution >= 4 is 29.3 Å². The first kappa shape index (κ1) is 21.0. The number of hydrogen-bond acceptors (Lipinski definition) is 5. The number of carbonyl (C=O) groups excluding carboxylic acids is 2. The van der Waals surface area contributed by atoms with Crippen molar-refractivity contribution in [1.29, 1.82) is 0 Å². The average molecular weight is 415 g/mol. The fourth-order valence-electron chi connectivity index (χ4n) is 3.29. The number of likely N-dealkylation sites (tertiary alicyclic amines) is 1. The van der Waals surface area contributed by atoms with Crippen LogP contribution in [-0.4, -0.2) is 49.8 Å². The van der Waals surface area contributed by atoms with Crippen LogP contribution in [0.2, 0.25) is 0 Å². The lowest BCUT2D eigenvalue weighted by Gasteiger charge is -2.27. The monoisotopic (exact) mass is 414 g/mol. The zero-order chi connectivity index (χ0) is 20.6. The van der Waals surface area contributed by atoms with Gasteiger partial charge in [-0.05, 0) is 43.5 Å². The van der Waals surface area contributed by atoms with Crippen molar-refractivity contribution in [2.75, 3.05) is 38.4 Å². The Hall–Kier alpha value is -2.67. The zero-order valence-electron chi connectivity index (χ0n) is 16.8. The van der Waals surface area contributed by atoms with Gasteiger partial charge in [-0.2, -0.15) is 0 Å². The lowest BCUT2D eigenvalue weighted by Crippen LogP contribution is -2.35. The lowest BCUT2D eigenvalue weighted by atomic mass is 10.1. The highest BCUT2D eigenvalue weighted by atomic mass is 32.2. The van der Waals surface area contributed by atoms with Crippen LogP contribution in [0.3, 0.4) is 0 Å². The number of thioether (sulfide) groups is 1. The number of carbonyl (C=O) groups is 2. The normalized spacial score (nSPS) is 13.7. The Balaban J connectivity index is 1.62. The smallest absolute Gasteiger partial charge is 0.254 e. The van der Waals surface area contributed by atoms with Gasteiger partial charge in [0.25, 0.3) is 5.91 Å². The number of rotatable bonds is 7. The van der Waals surface area contributed by atoms with Crippen molar-refractivity contribution in [3.63, 3.8) is 0 Å². The van der Waals surface area contributed by atoms with Crippen LogP contribution in [0.5, 0.6) is 11.5 Å². The van der Waals surface area contributed by atoms with Crippen LogP contribution < -0.4 is 14.8 Å². The van der Waals surface area contributed by atoms with Gasteiger partial charge in [-0.1, -0.05) is 12.1 Å². The number of methoxy groups -OCH3 is 2. The van der Waals surface area contributed by atoms with Crippen LogP contribution in [0.1, 0.15) is 29.6 Å². The standard InChI is InChI=1S/C22H26N2O4S/c1-27-18-11-10-16(14-19(18)28-2)23-21(25)15-29-20-9-5-4-8-17(20)22(26)24-12-6-3-7-13-24/h4-5,8-11,14H,3,6-7,12-13,15H2,1-2H3,(H,23,25). The molecule has 2 amide bonds. The summed E-state index contributed by atoms with van der Waals surface area (Å²) in [5, 5.41) is 2.86. The predicted octanol–water partition coefficient (Wildman–Crippen LogP) is 4.06. The number of amides is 2. The van der Waals surface area contributed by atoms with E-state index in [4.69, 9.17) is 9.47 Å². The molecule has 0 radical (unpaired) electrons. The maximum atomic E-state index is 12.9. The van der Waals surface area contributed by atoms with Crippen molar-refractivity contribution in [2.24, 2.45) is 0 Å². The largest absolute Gasteiger partial charge is 0.493 e. The van der Waals surface area contributed by atoms with Crippen LogP contribution in [0.4, 0.5) is 5.69 Å². The molecule has 1 fully saturated rings. The molecule has 0 spiro atoms. The maximum absolute atomic E-state index is 12.9. The molecular formula is C22H26N2O4S. The third-order valence-electron chi connectivity index (χ3n) is 4.79. The van der Waals surface area contributed by atoms with E-state index in [1.54, 1.807) is 32.4 Å². The molecule has 0 saturated carbocycles. The molecule has 1 aliphatic rings. The van der Waals surface area contributed by atoms with E-state index in [0.717, 1.165) is 30.8 Å². The van der Waals surface area contributed by atoms with E-state index in [0.29, 0.717) is 22.7 Å². The molecule has 0 aromatic heterocycles. The molecule has 1 aliphatic heterocycles. The lowest BCUT2D eigenvalue weighted by molar-refractivity contribution is -0.113. The number of nitrogens with one attached hydrogen (secondary N) is 1. The Kier molecular flexibility index (Phi) is 7.41. The van der Waals surface area contributed by atoms with Crippen LogP contribution in [0.25, 0.3) is 0 Å². The Morgan fingerprint density at radius 2 is 1.72 bits per heavy atom. The minimum Gasteiger partial charge on any atom is -0.493 e. The van der Waals surface area contributed by atoms with Gasteiger partial charge in [0.1, 0.15) is 0 Å². The fourth-order valence-corrected chi connectivity index (χ4v) is 4.14. The van der Waals surface area contributed by atoms with Crippen LogP contribution in [0, 0.1) is 0 Å². The number of hydrogen-bond donors (Lipinski definition) is 1. The third-order valence-corrected chi connectivity index (χ3v) is 5.86.